The first-order chi connectivity index (χ1) is 12.4. The summed E-state index contributed by atoms with van der Waals surface area (Å²) in [6.45, 7) is 6.15. The van der Waals surface area contributed by atoms with Crippen LogP contribution in [-0.2, 0) is 11.3 Å². The van der Waals surface area contributed by atoms with Crippen molar-refractivity contribution in [3.05, 3.63) is 65.4 Å². The van der Waals surface area contributed by atoms with Gasteiger partial charge in [0, 0.05) is 29.1 Å². The van der Waals surface area contributed by atoms with E-state index in [0.717, 1.165) is 27.7 Å². The maximum Gasteiger partial charge on any atom is 0.267 e. The van der Waals surface area contributed by atoms with Gasteiger partial charge in [0.1, 0.15) is 5.69 Å². The number of aromatic amines is 1. The van der Waals surface area contributed by atoms with E-state index in [1.165, 1.54) is 0 Å². The number of H-pyrrole nitrogens is 1. The zero-order valence-electron chi connectivity index (χ0n) is 15.2. The Morgan fingerprint density at radius 2 is 1.77 bits per heavy atom. The quantitative estimate of drug-likeness (QED) is 0.651. The molecule has 2 aromatic carbocycles. The lowest BCUT2D eigenvalue weighted by atomic mass is 10.1. The van der Waals surface area contributed by atoms with Gasteiger partial charge in [0.25, 0.3) is 5.91 Å². The zero-order valence-corrected chi connectivity index (χ0v) is 15.2. The third kappa shape index (κ3) is 4.11. The zero-order chi connectivity index (χ0) is 18.7. The van der Waals surface area contributed by atoms with Crippen LogP contribution in [0.25, 0.3) is 10.9 Å². The van der Waals surface area contributed by atoms with Crippen LogP contribution >= 0.6 is 0 Å². The Morgan fingerprint density at radius 1 is 1.04 bits per heavy atom. The van der Waals surface area contributed by atoms with Gasteiger partial charge in [-0.2, -0.15) is 0 Å². The van der Waals surface area contributed by atoms with E-state index in [2.05, 4.69) is 15.6 Å². The van der Waals surface area contributed by atoms with Crippen molar-refractivity contribution in [1.82, 2.24) is 10.3 Å². The number of hydrogen-bond donors (Lipinski definition) is 3. The number of aryl methyl sites for hydroxylation is 1. The van der Waals surface area contributed by atoms with Crippen molar-refractivity contribution < 1.29 is 9.59 Å². The Bertz CT molecular complexity index is 940. The van der Waals surface area contributed by atoms with Crippen LogP contribution in [-0.4, -0.2) is 16.8 Å². The SMILES string of the molecule is Cc1ccc2cc(C(=O)NCc3ccc(NC(=O)C(C)C)cc3)[nH]c2c1. The summed E-state index contributed by atoms with van der Waals surface area (Å²) in [6, 6.07) is 15.4. The maximum atomic E-state index is 12.4. The first-order valence-corrected chi connectivity index (χ1v) is 8.70. The van der Waals surface area contributed by atoms with Gasteiger partial charge in [0.2, 0.25) is 5.91 Å². The molecule has 2 amide bonds. The summed E-state index contributed by atoms with van der Waals surface area (Å²) in [6.07, 6.45) is 0. The monoisotopic (exact) mass is 349 g/mol. The number of amides is 2. The number of rotatable bonds is 5. The lowest BCUT2D eigenvalue weighted by Crippen LogP contribution is -2.23. The van der Waals surface area contributed by atoms with E-state index < -0.39 is 0 Å². The lowest BCUT2D eigenvalue weighted by Gasteiger charge is -2.09. The van der Waals surface area contributed by atoms with Crippen molar-refractivity contribution >= 4 is 28.4 Å². The number of aromatic nitrogens is 1. The smallest absolute Gasteiger partial charge is 0.267 e. The van der Waals surface area contributed by atoms with Gasteiger partial charge in [0.05, 0.1) is 0 Å². The molecule has 0 saturated carbocycles. The van der Waals surface area contributed by atoms with E-state index in [4.69, 9.17) is 0 Å². The molecule has 0 aliphatic carbocycles. The van der Waals surface area contributed by atoms with Crippen LogP contribution in [0.3, 0.4) is 0 Å². The molecule has 0 aliphatic heterocycles. The molecule has 0 radical (unpaired) electrons. The molecule has 5 heteroatoms. The highest BCUT2D eigenvalue weighted by molar-refractivity contribution is 5.98. The molecule has 0 atom stereocenters. The van der Waals surface area contributed by atoms with Gasteiger partial charge in [-0.05, 0) is 42.3 Å². The molecule has 1 heterocycles. The van der Waals surface area contributed by atoms with Crippen molar-refractivity contribution in [2.24, 2.45) is 5.92 Å². The molecule has 0 fully saturated rings. The van der Waals surface area contributed by atoms with Crippen molar-refractivity contribution in [2.45, 2.75) is 27.3 Å². The fraction of sp³-hybridized carbons (Fsp3) is 0.238. The molecule has 0 unspecified atom stereocenters. The Kier molecular flexibility index (Phi) is 5.07. The van der Waals surface area contributed by atoms with Crippen LogP contribution in [0, 0.1) is 12.8 Å². The molecule has 5 nitrogen and oxygen atoms in total. The second-order valence-electron chi connectivity index (χ2n) is 6.80. The maximum absolute atomic E-state index is 12.4. The minimum atomic E-state index is -0.143. The van der Waals surface area contributed by atoms with Crippen LogP contribution < -0.4 is 10.6 Å². The summed E-state index contributed by atoms with van der Waals surface area (Å²) < 4.78 is 0. The molecule has 3 aromatic rings. The number of benzene rings is 2. The third-order valence-corrected chi connectivity index (χ3v) is 4.22. The Labute approximate surface area is 152 Å². The predicted octanol–water partition coefficient (Wildman–Crippen LogP) is 4.00. The molecule has 0 spiro atoms. The van der Waals surface area contributed by atoms with Gasteiger partial charge in [-0.1, -0.05) is 38.1 Å². The first-order valence-electron chi connectivity index (χ1n) is 8.70. The van der Waals surface area contributed by atoms with Gasteiger partial charge >= 0.3 is 0 Å². The topological polar surface area (TPSA) is 74.0 Å². The van der Waals surface area contributed by atoms with E-state index in [1.54, 1.807) is 0 Å². The highest BCUT2D eigenvalue weighted by atomic mass is 16.2. The highest BCUT2D eigenvalue weighted by Gasteiger charge is 2.10. The molecule has 0 bridgehead atoms. The minimum absolute atomic E-state index is 0.0138. The summed E-state index contributed by atoms with van der Waals surface area (Å²) in [4.78, 5) is 27.2. The van der Waals surface area contributed by atoms with Crippen LogP contribution in [0.5, 0.6) is 0 Å². The molecule has 0 saturated heterocycles. The molecular formula is C21H23N3O2. The molecule has 1 aromatic heterocycles. The van der Waals surface area contributed by atoms with Gasteiger partial charge in [0.15, 0.2) is 0 Å². The van der Waals surface area contributed by atoms with E-state index in [-0.39, 0.29) is 17.7 Å². The normalized spacial score (nSPS) is 10.9. The summed E-state index contributed by atoms with van der Waals surface area (Å²) in [7, 11) is 0. The second kappa shape index (κ2) is 7.44. The van der Waals surface area contributed by atoms with E-state index in [9.17, 15) is 9.59 Å². The minimum Gasteiger partial charge on any atom is -0.351 e. The van der Waals surface area contributed by atoms with Crippen LogP contribution in [0.4, 0.5) is 5.69 Å². The molecular weight excluding hydrogens is 326 g/mol. The van der Waals surface area contributed by atoms with Gasteiger partial charge in [-0.25, -0.2) is 0 Å². The average Bonchev–Trinajstić information content (AvgIpc) is 3.04. The van der Waals surface area contributed by atoms with Crippen molar-refractivity contribution in [2.75, 3.05) is 5.32 Å². The fourth-order valence-corrected chi connectivity index (χ4v) is 2.63. The summed E-state index contributed by atoms with van der Waals surface area (Å²) in [5.41, 5.74) is 4.38. The number of anilines is 1. The summed E-state index contributed by atoms with van der Waals surface area (Å²) in [5, 5.41) is 6.78. The Morgan fingerprint density at radius 3 is 2.46 bits per heavy atom. The Balaban J connectivity index is 1.60. The fourth-order valence-electron chi connectivity index (χ4n) is 2.63. The number of hydrogen-bond acceptors (Lipinski definition) is 2. The number of nitrogens with one attached hydrogen (secondary N) is 3. The van der Waals surface area contributed by atoms with Gasteiger partial charge in [-0.15, -0.1) is 0 Å². The first kappa shape index (κ1) is 17.7. The average molecular weight is 349 g/mol. The summed E-state index contributed by atoms with van der Waals surface area (Å²) in [5.74, 6) is -0.217. The van der Waals surface area contributed by atoms with Gasteiger partial charge < -0.3 is 15.6 Å². The van der Waals surface area contributed by atoms with Crippen LogP contribution in [0.1, 0.15) is 35.5 Å². The predicted molar refractivity (Wildman–Crippen MR) is 104 cm³/mol. The molecule has 26 heavy (non-hydrogen) atoms. The number of carbonyl (C=O) groups is 2. The molecule has 3 N–H and O–H groups in total. The van der Waals surface area contributed by atoms with Crippen molar-refractivity contribution in [3.8, 4) is 0 Å². The molecule has 134 valence electrons. The van der Waals surface area contributed by atoms with E-state index >= 15 is 0 Å². The standard InChI is InChI=1S/C21H23N3O2/c1-13(2)20(25)23-17-8-5-15(6-9-17)12-22-21(26)19-11-16-7-4-14(3)10-18(16)24-19/h4-11,13,24H,12H2,1-3H3,(H,22,26)(H,23,25). The lowest BCUT2D eigenvalue weighted by molar-refractivity contribution is -0.118. The third-order valence-electron chi connectivity index (χ3n) is 4.22. The highest BCUT2D eigenvalue weighted by Crippen LogP contribution is 2.17. The van der Waals surface area contributed by atoms with Crippen molar-refractivity contribution in [1.29, 1.82) is 0 Å². The van der Waals surface area contributed by atoms with Crippen LogP contribution in [0.15, 0.2) is 48.5 Å². The number of carbonyl (C=O) groups excluding carboxylic acids is 2. The Hall–Kier alpha value is -3.08. The van der Waals surface area contributed by atoms with Gasteiger partial charge in [-0.3, -0.25) is 9.59 Å². The van der Waals surface area contributed by atoms with E-state index in [0.29, 0.717) is 12.2 Å². The molecule has 3 rings (SSSR count). The van der Waals surface area contributed by atoms with E-state index in [1.807, 2.05) is 69.3 Å². The summed E-state index contributed by atoms with van der Waals surface area (Å²) >= 11 is 0. The molecule has 0 aliphatic rings. The largest absolute Gasteiger partial charge is 0.351 e. The van der Waals surface area contributed by atoms with Crippen molar-refractivity contribution in [3.63, 3.8) is 0 Å². The number of fused-ring (bicyclic) bond motifs is 1. The van der Waals surface area contributed by atoms with Crippen LogP contribution in [0.2, 0.25) is 0 Å². The second-order valence-corrected chi connectivity index (χ2v) is 6.80.